The Balaban J connectivity index is 1.85. The Labute approximate surface area is 190 Å². The van der Waals surface area contributed by atoms with Gasteiger partial charge in [-0.15, -0.1) is 0 Å². The first-order valence-electron chi connectivity index (χ1n) is 11.4. The van der Waals surface area contributed by atoms with Gasteiger partial charge in [-0.3, -0.25) is 4.79 Å². The van der Waals surface area contributed by atoms with Gasteiger partial charge in [-0.1, -0.05) is 44.2 Å². The second-order valence-electron chi connectivity index (χ2n) is 9.99. The molecule has 0 spiro atoms. The van der Waals surface area contributed by atoms with E-state index in [9.17, 15) is 9.59 Å². The third-order valence-electron chi connectivity index (χ3n) is 7.22. The number of benzene rings is 1. The quantitative estimate of drug-likeness (QED) is 0.673. The van der Waals surface area contributed by atoms with Crippen molar-refractivity contribution < 1.29 is 23.8 Å². The number of fused-ring (bicyclic) bond motifs is 1. The molecule has 1 heterocycles. The van der Waals surface area contributed by atoms with Crippen molar-refractivity contribution in [3.8, 4) is 11.5 Å². The molecule has 0 bridgehead atoms. The van der Waals surface area contributed by atoms with Crippen LogP contribution < -0.4 is 14.8 Å². The highest BCUT2D eigenvalue weighted by atomic mass is 16.6. The average Bonchev–Trinajstić information content (AvgIpc) is 3.25. The minimum atomic E-state index is -0.803. The lowest BCUT2D eigenvalue weighted by atomic mass is 9.74. The predicted molar refractivity (Wildman–Crippen MR) is 122 cm³/mol. The van der Waals surface area contributed by atoms with E-state index in [-0.39, 0.29) is 23.2 Å². The molecule has 3 unspecified atom stereocenters. The van der Waals surface area contributed by atoms with Crippen LogP contribution in [-0.2, 0) is 21.4 Å². The van der Waals surface area contributed by atoms with Crippen LogP contribution in [-0.4, -0.2) is 31.3 Å². The van der Waals surface area contributed by atoms with Gasteiger partial charge in [0.15, 0.2) is 11.5 Å². The summed E-state index contributed by atoms with van der Waals surface area (Å²) in [6.45, 7) is 10.5. The zero-order chi connectivity index (χ0) is 23.3. The van der Waals surface area contributed by atoms with Gasteiger partial charge in [-0.2, -0.15) is 0 Å². The molecule has 0 saturated heterocycles. The number of rotatable bonds is 5. The van der Waals surface area contributed by atoms with Crippen molar-refractivity contribution in [2.45, 2.75) is 58.5 Å². The molecule has 1 fully saturated rings. The second kappa shape index (κ2) is 7.68. The lowest BCUT2D eigenvalue weighted by Gasteiger charge is -2.30. The lowest BCUT2D eigenvalue weighted by molar-refractivity contribution is -0.147. The van der Waals surface area contributed by atoms with E-state index in [0.29, 0.717) is 24.5 Å². The van der Waals surface area contributed by atoms with Crippen LogP contribution in [0.15, 0.2) is 36.4 Å². The topological polar surface area (TPSA) is 73.9 Å². The summed E-state index contributed by atoms with van der Waals surface area (Å²) in [6, 6.07) is 3.86. The van der Waals surface area contributed by atoms with E-state index in [1.54, 1.807) is 6.07 Å². The van der Waals surface area contributed by atoms with E-state index in [4.69, 9.17) is 14.2 Å². The molecule has 0 aromatic heterocycles. The van der Waals surface area contributed by atoms with Gasteiger partial charge < -0.3 is 19.5 Å². The lowest BCUT2D eigenvalue weighted by Crippen LogP contribution is -2.32. The van der Waals surface area contributed by atoms with Crippen LogP contribution in [0.2, 0.25) is 0 Å². The van der Waals surface area contributed by atoms with Crippen molar-refractivity contribution >= 4 is 12.1 Å². The fraction of sp³-hybridized carbons (Fsp3) is 0.538. The minimum Gasteiger partial charge on any atom is -0.483 e. The molecular weight excluding hydrogens is 406 g/mol. The largest absolute Gasteiger partial charge is 0.483 e. The summed E-state index contributed by atoms with van der Waals surface area (Å²) in [7, 11) is 1.51. The maximum Gasteiger partial charge on any atom is 0.412 e. The Morgan fingerprint density at radius 2 is 1.97 bits per heavy atom. The van der Waals surface area contributed by atoms with E-state index in [1.165, 1.54) is 7.05 Å². The smallest absolute Gasteiger partial charge is 0.412 e. The number of allylic oxidation sites excluding steroid dienone is 4. The van der Waals surface area contributed by atoms with Crippen LogP contribution in [0.4, 0.5) is 4.79 Å². The number of hydrogen-bond donors (Lipinski definition) is 1. The standard InChI is InChI=1S/C26H33NO5/c1-7-30-22(28)26(16(2)21(26)25(5)11-9-8-10-12-25)18-13-17-15-24(3,4)32-20(17)19(14-18)31-23(29)27-6/h8-11,13-14,16,21H,7,12,15H2,1-6H3,(H,27,29)/t16-,21?,25?,26?/m0/s1. The van der Waals surface area contributed by atoms with E-state index in [0.717, 1.165) is 17.5 Å². The summed E-state index contributed by atoms with van der Waals surface area (Å²) < 4.78 is 17.3. The SMILES string of the molecule is CCOC(=O)C1(c2cc3c(c(OC(=O)NC)c2)OC(C)(C)C3)C(C2(C)C=CC=CC2)[C@@H]1C. The first-order chi connectivity index (χ1) is 15.1. The highest BCUT2D eigenvalue weighted by molar-refractivity contribution is 5.89. The van der Waals surface area contributed by atoms with Gasteiger partial charge in [-0.05, 0) is 56.1 Å². The molecule has 1 saturated carbocycles. The maximum atomic E-state index is 13.5. The molecule has 6 nitrogen and oxygen atoms in total. The van der Waals surface area contributed by atoms with Gasteiger partial charge in [0.1, 0.15) is 5.60 Å². The summed E-state index contributed by atoms with van der Waals surface area (Å²) in [5.74, 6) is 0.831. The van der Waals surface area contributed by atoms with E-state index in [1.807, 2.05) is 26.8 Å². The zero-order valence-electron chi connectivity index (χ0n) is 19.8. The molecule has 4 atom stereocenters. The second-order valence-corrected chi connectivity index (χ2v) is 9.99. The molecule has 32 heavy (non-hydrogen) atoms. The summed E-state index contributed by atoms with van der Waals surface area (Å²) in [4.78, 5) is 25.6. The number of hydrogen-bond acceptors (Lipinski definition) is 5. The van der Waals surface area contributed by atoms with Crippen LogP contribution in [0.25, 0.3) is 0 Å². The highest BCUT2D eigenvalue weighted by Crippen LogP contribution is 2.69. The molecule has 0 radical (unpaired) electrons. The first-order valence-corrected chi connectivity index (χ1v) is 11.4. The summed E-state index contributed by atoms with van der Waals surface area (Å²) in [5.41, 5.74) is 0.380. The highest BCUT2D eigenvalue weighted by Gasteiger charge is 2.73. The van der Waals surface area contributed by atoms with Gasteiger partial charge in [0, 0.05) is 19.0 Å². The van der Waals surface area contributed by atoms with Gasteiger partial charge in [-0.25, -0.2) is 4.79 Å². The summed E-state index contributed by atoms with van der Waals surface area (Å²) in [6.07, 6.45) is 9.42. The molecule has 1 aliphatic heterocycles. The molecule has 2 aliphatic carbocycles. The molecule has 6 heteroatoms. The molecule has 1 N–H and O–H groups in total. The van der Waals surface area contributed by atoms with Crippen LogP contribution in [0.5, 0.6) is 11.5 Å². The number of nitrogens with one attached hydrogen (secondary N) is 1. The zero-order valence-corrected chi connectivity index (χ0v) is 19.8. The normalized spacial score (nSPS) is 31.4. The van der Waals surface area contributed by atoms with E-state index < -0.39 is 17.1 Å². The fourth-order valence-electron chi connectivity index (χ4n) is 5.89. The monoisotopic (exact) mass is 439 g/mol. The van der Waals surface area contributed by atoms with Crippen molar-refractivity contribution in [3.63, 3.8) is 0 Å². The van der Waals surface area contributed by atoms with Gasteiger partial charge in [0.05, 0.1) is 12.0 Å². The number of carbonyl (C=O) groups excluding carboxylic acids is 2. The number of carbonyl (C=O) groups is 2. The van der Waals surface area contributed by atoms with Gasteiger partial charge in [0.2, 0.25) is 0 Å². The van der Waals surface area contributed by atoms with Crippen molar-refractivity contribution in [1.82, 2.24) is 5.32 Å². The summed E-state index contributed by atoms with van der Waals surface area (Å²) in [5, 5.41) is 2.49. The number of esters is 1. The van der Waals surface area contributed by atoms with E-state index >= 15 is 0 Å². The first kappa shape index (κ1) is 22.4. The maximum absolute atomic E-state index is 13.5. The van der Waals surface area contributed by atoms with E-state index in [2.05, 4.69) is 43.5 Å². The Morgan fingerprint density at radius 3 is 2.59 bits per heavy atom. The van der Waals surface area contributed by atoms with Gasteiger partial charge in [0.25, 0.3) is 0 Å². The Hall–Kier alpha value is -2.76. The van der Waals surface area contributed by atoms with Crippen LogP contribution >= 0.6 is 0 Å². The fourth-order valence-corrected chi connectivity index (χ4v) is 5.89. The molecule has 4 rings (SSSR count). The van der Waals surface area contributed by atoms with Crippen LogP contribution in [0, 0.1) is 17.3 Å². The van der Waals surface area contributed by atoms with Crippen molar-refractivity contribution in [1.29, 1.82) is 0 Å². The van der Waals surface area contributed by atoms with Crippen molar-refractivity contribution in [2.24, 2.45) is 17.3 Å². The van der Waals surface area contributed by atoms with Gasteiger partial charge >= 0.3 is 12.1 Å². The summed E-state index contributed by atoms with van der Waals surface area (Å²) >= 11 is 0. The molecule has 172 valence electrons. The van der Waals surface area contributed by atoms with Crippen LogP contribution in [0.1, 0.15) is 52.2 Å². The van der Waals surface area contributed by atoms with Crippen molar-refractivity contribution in [2.75, 3.05) is 13.7 Å². The average molecular weight is 440 g/mol. The molecule has 1 aromatic rings. The molecule has 1 amide bonds. The Bertz CT molecular complexity index is 1010. The third-order valence-corrected chi connectivity index (χ3v) is 7.22. The third kappa shape index (κ3) is 3.40. The molecule has 3 aliphatic rings. The van der Waals surface area contributed by atoms with Crippen LogP contribution in [0.3, 0.4) is 0 Å². The molecular formula is C26H33NO5. The number of amides is 1. The Kier molecular flexibility index (Phi) is 5.38. The van der Waals surface area contributed by atoms with Crippen molar-refractivity contribution in [3.05, 3.63) is 47.6 Å². The minimum absolute atomic E-state index is 0.0662. The number of ether oxygens (including phenoxy) is 3. The predicted octanol–water partition coefficient (Wildman–Crippen LogP) is 4.71. The Morgan fingerprint density at radius 1 is 1.22 bits per heavy atom. The molecule has 1 aromatic carbocycles.